The number of benzene rings is 1. The molecule has 1 unspecified atom stereocenters. The second-order valence-electron chi connectivity index (χ2n) is 7.10. The molecule has 2 amide bonds. The van der Waals surface area contributed by atoms with Crippen LogP contribution in [0.1, 0.15) is 26.3 Å². The molecule has 0 saturated carbocycles. The fourth-order valence-corrected chi connectivity index (χ4v) is 2.86. The van der Waals surface area contributed by atoms with Gasteiger partial charge in [0, 0.05) is 18.3 Å². The molecule has 1 aromatic rings. The molecule has 11 heteroatoms. The van der Waals surface area contributed by atoms with E-state index in [-0.39, 0.29) is 17.2 Å². The van der Waals surface area contributed by atoms with Crippen molar-refractivity contribution in [2.45, 2.75) is 38.7 Å². The van der Waals surface area contributed by atoms with Crippen LogP contribution in [0.15, 0.2) is 23.2 Å². The zero-order valence-electron chi connectivity index (χ0n) is 15.5. The van der Waals surface area contributed by atoms with Crippen LogP contribution in [0.25, 0.3) is 0 Å². The molecule has 1 aromatic carbocycles. The molecule has 1 aliphatic rings. The molecular formula is C17H19F5N4O2. The maximum absolute atomic E-state index is 14.6. The standard InChI is InChI=1S/C17H19F5N4O2/c1-15(2)13(28)26(4)14(23)25-16(15,3)9-7-8(5-6-10(9)18)24-12(27)17(21,22)11(19)20/h5-7,11H,1-4H3,(H2,23,25)(H,24,27). The molecule has 1 atom stereocenters. The van der Waals surface area contributed by atoms with Gasteiger partial charge in [0.2, 0.25) is 5.91 Å². The van der Waals surface area contributed by atoms with E-state index in [1.54, 1.807) is 5.32 Å². The number of anilines is 1. The number of rotatable bonds is 4. The lowest BCUT2D eigenvalue weighted by Gasteiger charge is -2.46. The first-order chi connectivity index (χ1) is 12.7. The second-order valence-corrected chi connectivity index (χ2v) is 7.10. The average molecular weight is 406 g/mol. The van der Waals surface area contributed by atoms with Gasteiger partial charge in [-0.2, -0.15) is 8.78 Å². The SMILES string of the molecule is CN1C(=O)C(C)(C)C(C)(c2cc(NC(=O)C(F)(F)C(F)F)ccc2F)N=C1N. The maximum Gasteiger partial charge on any atom is 0.383 e. The number of nitrogens with two attached hydrogens (primary N) is 1. The van der Waals surface area contributed by atoms with Crippen LogP contribution in [0.5, 0.6) is 0 Å². The highest BCUT2D eigenvalue weighted by atomic mass is 19.3. The van der Waals surface area contributed by atoms with Crippen molar-refractivity contribution in [1.29, 1.82) is 0 Å². The molecule has 0 radical (unpaired) electrons. The van der Waals surface area contributed by atoms with Gasteiger partial charge in [-0.15, -0.1) is 0 Å². The van der Waals surface area contributed by atoms with Crippen LogP contribution in [-0.4, -0.2) is 42.1 Å². The summed E-state index contributed by atoms with van der Waals surface area (Å²) >= 11 is 0. The van der Waals surface area contributed by atoms with Crippen molar-refractivity contribution in [2.24, 2.45) is 16.1 Å². The van der Waals surface area contributed by atoms with E-state index in [9.17, 15) is 31.5 Å². The van der Waals surface area contributed by atoms with Crippen molar-refractivity contribution in [1.82, 2.24) is 4.90 Å². The third-order valence-corrected chi connectivity index (χ3v) is 5.06. The zero-order chi connectivity index (χ0) is 21.7. The summed E-state index contributed by atoms with van der Waals surface area (Å²) in [5.74, 6) is -8.68. The Morgan fingerprint density at radius 2 is 1.86 bits per heavy atom. The average Bonchev–Trinajstić information content (AvgIpc) is 2.60. The molecule has 0 aromatic heterocycles. The Balaban J connectivity index is 2.54. The Hall–Kier alpha value is -2.72. The summed E-state index contributed by atoms with van der Waals surface area (Å²) in [5.41, 5.74) is 2.29. The predicted molar refractivity (Wildman–Crippen MR) is 91.5 cm³/mol. The highest BCUT2D eigenvalue weighted by Gasteiger charge is 2.54. The van der Waals surface area contributed by atoms with Crippen molar-refractivity contribution >= 4 is 23.5 Å². The zero-order valence-corrected chi connectivity index (χ0v) is 15.5. The fourth-order valence-electron chi connectivity index (χ4n) is 2.86. The van der Waals surface area contributed by atoms with Crippen molar-refractivity contribution in [2.75, 3.05) is 12.4 Å². The minimum atomic E-state index is -4.93. The fraction of sp³-hybridized carbons (Fsp3) is 0.471. The number of aliphatic imine (C=N–C) groups is 1. The number of hydrogen-bond donors (Lipinski definition) is 2. The van der Waals surface area contributed by atoms with Gasteiger partial charge in [0.1, 0.15) is 11.4 Å². The smallest absolute Gasteiger partial charge is 0.369 e. The number of carbonyl (C=O) groups is 2. The molecule has 0 bridgehead atoms. The monoisotopic (exact) mass is 406 g/mol. The van der Waals surface area contributed by atoms with Gasteiger partial charge in [-0.25, -0.2) is 18.2 Å². The van der Waals surface area contributed by atoms with Gasteiger partial charge in [-0.3, -0.25) is 14.5 Å². The number of hydrogen-bond acceptors (Lipinski definition) is 4. The van der Waals surface area contributed by atoms with Crippen LogP contribution in [0, 0.1) is 11.2 Å². The van der Waals surface area contributed by atoms with Gasteiger partial charge in [0.05, 0.1) is 5.41 Å². The third kappa shape index (κ3) is 3.18. The van der Waals surface area contributed by atoms with Crippen LogP contribution in [-0.2, 0) is 15.1 Å². The summed E-state index contributed by atoms with van der Waals surface area (Å²) < 4.78 is 65.6. The van der Waals surface area contributed by atoms with Crippen molar-refractivity contribution < 1.29 is 31.5 Å². The summed E-state index contributed by atoms with van der Waals surface area (Å²) in [6, 6.07) is 2.74. The topological polar surface area (TPSA) is 87.8 Å². The first-order valence-corrected chi connectivity index (χ1v) is 8.07. The Morgan fingerprint density at radius 3 is 2.39 bits per heavy atom. The van der Waals surface area contributed by atoms with Gasteiger partial charge < -0.3 is 11.1 Å². The quantitative estimate of drug-likeness (QED) is 0.754. The first kappa shape index (κ1) is 21.6. The number of guanidine groups is 1. The lowest BCUT2D eigenvalue weighted by molar-refractivity contribution is -0.163. The molecule has 0 spiro atoms. The van der Waals surface area contributed by atoms with Gasteiger partial charge in [0.25, 0.3) is 0 Å². The minimum Gasteiger partial charge on any atom is -0.369 e. The molecule has 154 valence electrons. The van der Waals surface area contributed by atoms with E-state index in [1.165, 1.54) is 27.8 Å². The van der Waals surface area contributed by atoms with Gasteiger partial charge >= 0.3 is 18.3 Å². The van der Waals surface area contributed by atoms with Gasteiger partial charge in [0.15, 0.2) is 5.96 Å². The number of carbonyl (C=O) groups excluding carboxylic acids is 2. The van der Waals surface area contributed by atoms with E-state index in [1.807, 2.05) is 0 Å². The molecule has 1 heterocycles. The molecule has 3 N–H and O–H groups in total. The minimum absolute atomic E-state index is 0.190. The molecule has 6 nitrogen and oxygen atoms in total. The molecule has 2 rings (SSSR count). The van der Waals surface area contributed by atoms with E-state index < -0.39 is 40.9 Å². The van der Waals surface area contributed by atoms with E-state index in [0.29, 0.717) is 0 Å². The van der Waals surface area contributed by atoms with E-state index in [2.05, 4.69) is 4.99 Å². The van der Waals surface area contributed by atoms with Crippen LogP contribution < -0.4 is 11.1 Å². The number of nitrogens with zero attached hydrogens (tertiary/aromatic N) is 2. The highest BCUT2D eigenvalue weighted by Crippen LogP contribution is 2.47. The summed E-state index contributed by atoms with van der Waals surface area (Å²) in [4.78, 5) is 29.4. The second kappa shape index (κ2) is 6.71. The summed E-state index contributed by atoms with van der Waals surface area (Å²) in [6.07, 6.45) is -4.21. The van der Waals surface area contributed by atoms with Crippen LogP contribution in [0.3, 0.4) is 0 Å². The molecule has 28 heavy (non-hydrogen) atoms. The van der Waals surface area contributed by atoms with Gasteiger partial charge in [-0.05, 0) is 39.0 Å². The predicted octanol–water partition coefficient (Wildman–Crippen LogP) is 2.69. The van der Waals surface area contributed by atoms with Crippen molar-refractivity contribution in [3.8, 4) is 0 Å². The summed E-state index contributed by atoms with van der Waals surface area (Å²) in [7, 11) is 1.39. The molecule has 0 saturated heterocycles. The van der Waals surface area contributed by atoms with E-state index in [0.717, 1.165) is 23.1 Å². The van der Waals surface area contributed by atoms with Crippen LogP contribution in [0.4, 0.5) is 27.6 Å². The Bertz CT molecular complexity index is 856. The summed E-state index contributed by atoms with van der Waals surface area (Å²) in [6.45, 7) is 4.41. The Morgan fingerprint density at radius 1 is 1.29 bits per heavy atom. The highest BCUT2D eigenvalue weighted by molar-refractivity contribution is 6.02. The molecule has 0 fully saturated rings. The van der Waals surface area contributed by atoms with Crippen molar-refractivity contribution in [3.63, 3.8) is 0 Å². The lowest BCUT2D eigenvalue weighted by Crippen LogP contribution is -2.58. The Labute approximate surface area is 157 Å². The number of alkyl halides is 4. The van der Waals surface area contributed by atoms with E-state index >= 15 is 0 Å². The van der Waals surface area contributed by atoms with Crippen molar-refractivity contribution in [3.05, 3.63) is 29.6 Å². The van der Waals surface area contributed by atoms with Gasteiger partial charge in [-0.1, -0.05) is 0 Å². The normalized spacial score (nSPS) is 22.3. The number of halogens is 5. The molecular weight excluding hydrogens is 387 g/mol. The lowest BCUT2D eigenvalue weighted by atomic mass is 9.67. The largest absolute Gasteiger partial charge is 0.383 e. The summed E-state index contributed by atoms with van der Waals surface area (Å²) in [5, 5.41) is 1.64. The Kier molecular flexibility index (Phi) is 5.17. The van der Waals surface area contributed by atoms with Crippen LogP contribution in [0.2, 0.25) is 0 Å². The van der Waals surface area contributed by atoms with E-state index in [4.69, 9.17) is 5.73 Å². The molecule has 0 aliphatic carbocycles. The number of nitrogens with one attached hydrogen (secondary N) is 1. The first-order valence-electron chi connectivity index (χ1n) is 8.07. The third-order valence-electron chi connectivity index (χ3n) is 5.06. The van der Waals surface area contributed by atoms with Crippen LogP contribution >= 0.6 is 0 Å². The maximum atomic E-state index is 14.6. The molecule has 1 aliphatic heterocycles. The number of amides is 2.